The molecular weight excluding hydrogens is 342 g/mol. The van der Waals surface area contributed by atoms with Crippen LogP contribution in [-0.2, 0) is 4.74 Å². The van der Waals surface area contributed by atoms with Crippen molar-refractivity contribution in [3.8, 4) is 0 Å². The van der Waals surface area contributed by atoms with Gasteiger partial charge in [-0.3, -0.25) is 4.79 Å². The van der Waals surface area contributed by atoms with Crippen molar-refractivity contribution < 1.29 is 14.3 Å². The van der Waals surface area contributed by atoms with Crippen LogP contribution < -0.4 is 16.0 Å². The second-order valence-electron chi connectivity index (χ2n) is 6.14. The third kappa shape index (κ3) is 6.55. The fraction of sp³-hybridized carbons (Fsp3) is 0.556. The fourth-order valence-electron chi connectivity index (χ4n) is 2.83. The van der Waals surface area contributed by atoms with Gasteiger partial charge in [0.15, 0.2) is 0 Å². The quantitative estimate of drug-likeness (QED) is 0.644. The molecule has 1 fully saturated rings. The highest BCUT2D eigenvalue weighted by atomic mass is 35.5. The maximum atomic E-state index is 12.0. The van der Waals surface area contributed by atoms with Crippen LogP contribution in [0.15, 0.2) is 18.2 Å². The second-order valence-corrected chi connectivity index (χ2v) is 6.55. The van der Waals surface area contributed by atoms with Gasteiger partial charge in [0.1, 0.15) is 0 Å². The lowest BCUT2D eigenvalue weighted by Crippen LogP contribution is -2.30. The number of ether oxygens (including phenoxy) is 1. The summed E-state index contributed by atoms with van der Waals surface area (Å²) in [4.78, 5) is 23.6. The molecule has 25 heavy (non-hydrogen) atoms. The minimum atomic E-state index is -0.353. The van der Waals surface area contributed by atoms with Crippen LogP contribution >= 0.6 is 11.6 Å². The maximum absolute atomic E-state index is 12.0. The van der Waals surface area contributed by atoms with Gasteiger partial charge in [-0.1, -0.05) is 30.9 Å². The lowest BCUT2D eigenvalue weighted by atomic mass is 9.98. The summed E-state index contributed by atoms with van der Waals surface area (Å²) in [5.41, 5.74) is 0.835. The van der Waals surface area contributed by atoms with Crippen molar-refractivity contribution in [1.82, 2.24) is 10.6 Å². The van der Waals surface area contributed by atoms with Gasteiger partial charge in [-0.25, -0.2) is 4.79 Å². The fourth-order valence-corrected chi connectivity index (χ4v) is 2.99. The molecule has 0 atom stereocenters. The van der Waals surface area contributed by atoms with Crippen molar-refractivity contribution in [2.24, 2.45) is 0 Å². The number of rotatable bonds is 7. The van der Waals surface area contributed by atoms with Crippen LogP contribution in [-0.4, -0.2) is 38.2 Å². The number of hydrogen-bond acceptors (Lipinski definition) is 3. The van der Waals surface area contributed by atoms with Crippen molar-refractivity contribution in [3.05, 3.63) is 28.8 Å². The Morgan fingerprint density at radius 3 is 2.72 bits per heavy atom. The number of benzene rings is 1. The van der Waals surface area contributed by atoms with Gasteiger partial charge >= 0.3 is 6.03 Å². The Hall–Kier alpha value is -1.79. The van der Waals surface area contributed by atoms with Crippen LogP contribution in [0.5, 0.6) is 0 Å². The summed E-state index contributed by atoms with van der Waals surface area (Å²) in [6, 6.07) is 4.38. The summed E-state index contributed by atoms with van der Waals surface area (Å²) in [5, 5.41) is 8.35. The number of urea groups is 1. The summed E-state index contributed by atoms with van der Waals surface area (Å²) in [5.74, 6) is -0.236. The molecule has 0 spiro atoms. The molecule has 0 radical (unpaired) electrons. The molecule has 1 aliphatic rings. The van der Waals surface area contributed by atoms with Crippen LogP contribution in [0.3, 0.4) is 0 Å². The van der Waals surface area contributed by atoms with E-state index >= 15 is 0 Å². The second kappa shape index (κ2) is 10.3. The summed E-state index contributed by atoms with van der Waals surface area (Å²) >= 11 is 6.06. The molecule has 0 heterocycles. The van der Waals surface area contributed by atoms with Gasteiger partial charge in [0, 0.05) is 25.8 Å². The number of carbonyl (C=O) groups excluding carboxylic acids is 2. The molecule has 138 valence electrons. The molecular formula is C18H26ClN3O3. The molecule has 2 rings (SSSR count). The minimum Gasteiger partial charge on any atom is -0.378 e. The molecule has 7 heteroatoms. The van der Waals surface area contributed by atoms with Crippen molar-refractivity contribution in [3.63, 3.8) is 0 Å². The zero-order chi connectivity index (χ0) is 18.1. The zero-order valence-corrected chi connectivity index (χ0v) is 15.3. The first kappa shape index (κ1) is 19.5. The smallest absolute Gasteiger partial charge is 0.319 e. The third-order valence-corrected chi connectivity index (χ3v) is 4.55. The molecule has 1 aromatic carbocycles. The standard InChI is InChI=1S/C18H26ClN3O3/c1-20-17(23)13-8-9-15(19)16(12-13)22-18(24)21-10-5-11-25-14-6-3-2-4-7-14/h8-9,12,14H,2-7,10-11H2,1H3,(H,20,23)(H2,21,22,24). The normalized spacial score (nSPS) is 14.8. The van der Waals surface area contributed by atoms with Gasteiger partial charge in [0.2, 0.25) is 0 Å². The van der Waals surface area contributed by atoms with Crippen molar-refractivity contribution in [2.45, 2.75) is 44.6 Å². The summed E-state index contributed by atoms with van der Waals surface area (Å²) in [6.07, 6.45) is 7.25. The van der Waals surface area contributed by atoms with E-state index < -0.39 is 0 Å². The first-order valence-corrected chi connectivity index (χ1v) is 9.16. The van der Waals surface area contributed by atoms with Gasteiger partial charge < -0.3 is 20.7 Å². The number of nitrogens with one attached hydrogen (secondary N) is 3. The Labute approximate surface area is 153 Å². The first-order valence-electron chi connectivity index (χ1n) is 8.78. The predicted octanol–water partition coefficient (Wildman–Crippen LogP) is 3.56. The Balaban J connectivity index is 1.70. The monoisotopic (exact) mass is 367 g/mol. The first-order chi connectivity index (χ1) is 12.1. The molecule has 1 saturated carbocycles. The van der Waals surface area contributed by atoms with E-state index in [1.165, 1.54) is 19.3 Å². The zero-order valence-electron chi connectivity index (χ0n) is 14.6. The van der Waals surface area contributed by atoms with Crippen LogP contribution in [0, 0.1) is 0 Å². The van der Waals surface area contributed by atoms with E-state index in [0.29, 0.717) is 35.5 Å². The molecule has 0 aliphatic heterocycles. The van der Waals surface area contributed by atoms with E-state index in [1.54, 1.807) is 25.2 Å². The molecule has 0 unspecified atom stereocenters. The maximum Gasteiger partial charge on any atom is 0.319 e. The molecule has 3 amide bonds. The lowest BCUT2D eigenvalue weighted by Gasteiger charge is -2.21. The molecule has 0 aromatic heterocycles. The molecule has 0 bridgehead atoms. The number of amides is 3. The minimum absolute atomic E-state index is 0.236. The van der Waals surface area contributed by atoms with Crippen LogP contribution in [0.4, 0.5) is 10.5 Å². The Kier molecular flexibility index (Phi) is 8.01. The van der Waals surface area contributed by atoms with Gasteiger partial charge in [-0.05, 0) is 37.5 Å². The molecule has 0 saturated heterocycles. The topological polar surface area (TPSA) is 79.5 Å². The molecule has 1 aliphatic carbocycles. The van der Waals surface area contributed by atoms with Gasteiger partial charge in [0.05, 0.1) is 16.8 Å². The van der Waals surface area contributed by atoms with E-state index in [1.807, 2.05) is 0 Å². The summed E-state index contributed by atoms with van der Waals surface area (Å²) in [6.45, 7) is 1.17. The molecule has 3 N–H and O–H groups in total. The van der Waals surface area contributed by atoms with Crippen LogP contribution in [0.2, 0.25) is 5.02 Å². The highest BCUT2D eigenvalue weighted by Crippen LogP contribution is 2.23. The van der Waals surface area contributed by atoms with Crippen molar-refractivity contribution in [2.75, 3.05) is 25.5 Å². The highest BCUT2D eigenvalue weighted by Gasteiger charge is 2.13. The van der Waals surface area contributed by atoms with Crippen LogP contribution in [0.25, 0.3) is 0 Å². The molecule has 1 aromatic rings. The number of carbonyl (C=O) groups is 2. The van der Waals surface area contributed by atoms with E-state index in [4.69, 9.17) is 16.3 Å². The average Bonchev–Trinajstić information content (AvgIpc) is 2.63. The SMILES string of the molecule is CNC(=O)c1ccc(Cl)c(NC(=O)NCCCOC2CCCCC2)c1. The van der Waals surface area contributed by atoms with E-state index in [2.05, 4.69) is 16.0 Å². The average molecular weight is 368 g/mol. The summed E-state index contributed by atoms with van der Waals surface area (Å²) in [7, 11) is 1.55. The summed E-state index contributed by atoms with van der Waals surface area (Å²) < 4.78 is 5.82. The van der Waals surface area contributed by atoms with Crippen molar-refractivity contribution >= 4 is 29.2 Å². The van der Waals surface area contributed by atoms with E-state index in [9.17, 15) is 9.59 Å². The van der Waals surface area contributed by atoms with Gasteiger partial charge in [-0.15, -0.1) is 0 Å². The van der Waals surface area contributed by atoms with Gasteiger partial charge in [0.25, 0.3) is 5.91 Å². The van der Waals surface area contributed by atoms with Crippen LogP contribution in [0.1, 0.15) is 48.9 Å². The Morgan fingerprint density at radius 2 is 2.00 bits per heavy atom. The number of hydrogen-bond donors (Lipinski definition) is 3. The van der Waals surface area contributed by atoms with Gasteiger partial charge in [-0.2, -0.15) is 0 Å². The molecule has 6 nitrogen and oxygen atoms in total. The van der Waals surface area contributed by atoms with E-state index in [-0.39, 0.29) is 11.9 Å². The predicted molar refractivity (Wildman–Crippen MR) is 99.3 cm³/mol. The third-order valence-electron chi connectivity index (χ3n) is 4.22. The Morgan fingerprint density at radius 1 is 1.24 bits per heavy atom. The number of anilines is 1. The highest BCUT2D eigenvalue weighted by molar-refractivity contribution is 6.33. The van der Waals surface area contributed by atoms with E-state index in [0.717, 1.165) is 19.3 Å². The Bertz CT molecular complexity index is 589. The lowest BCUT2D eigenvalue weighted by molar-refractivity contribution is 0.0276. The largest absolute Gasteiger partial charge is 0.378 e. The van der Waals surface area contributed by atoms with Crippen molar-refractivity contribution in [1.29, 1.82) is 0 Å². The number of halogens is 1.